The molecule has 1 fully saturated rings. The Hall–Kier alpha value is -0.240. The Morgan fingerprint density at radius 3 is 2.57 bits per heavy atom. The largest absolute Gasteiger partial charge is 0.342 e. The molecule has 14 heavy (non-hydrogen) atoms. The van der Waals surface area contributed by atoms with E-state index in [1.165, 1.54) is 19.3 Å². The number of hydrogen-bond donors (Lipinski definition) is 0. The smallest absolute Gasteiger partial charge is 0.226 e. The first-order valence-electron chi connectivity index (χ1n) is 5.53. The maximum Gasteiger partial charge on any atom is 0.226 e. The van der Waals surface area contributed by atoms with E-state index in [0.29, 0.717) is 5.88 Å². The van der Waals surface area contributed by atoms with Crippen LogP contribution in [0.3, 0.4) is 0 Å². The van der Waals surface area contributed by atoms with E-state index in [1.54, 1.807) is 0 Å². The second-order valence-electron chi connectivity index (χ2n) is 4.23. The maximum absolute atomic E-state index is 11.8. The topological polar surface area (TPSA) is 20.3 Å². The summed E-state index contributed by atoms with van der Waals surface area (Å²) in [5.41, 5.74) is 0. The average Bonchev–Trinajstić information content (AvgIpc) is 2.14. The van der Waals surface area contributed by atoms with Crippen LogP contribution in [0.4, 0.5) is 0 Å². The number of nitrogens with zero attached hydrogens (tertiary/aromatic N) is 1. The Kier molecular flexibility index (Phi) is 4.73. The zero-order chi connectivity index (χ0) is 10.6. The van der Waals surface area contributed by atoms with Crippen molar-refractivity contribution in [2.75, 3.05) is 19.0 Å². The molecule has 0 N–H and O–H groups in total. The highest BCUT2D eigenvalue weighted by Gasteiger charge is 2.24. The first-order valence-corrected chi connectivity index (χ1v) is 6.07. The average molecular weight is 218 g/mol. The van der Waals surface area contributed by atoms with E-state index in [9.17, 15) is 4.79 Å². The molecular weight excluding hydrogens is 198 g/mol. The Morgan fingerprint density at radius 1 is 1.57 bits per heavy atom. The number of amides is 1. The van der Waals surface area contributed by atoms with E-state index in [-0.39, 0.29) is 11.8 Å². The molecule has 1 aliphatic rings. The van der Waals surface area contributed by atoms with Gasteiger partial charge in [-0.05, 0) is 25.7 Å². The van der Waals surface area contributed by atoms with Gasteiger partial charge in [0.15, 0.2) is 0 Å². The Bertz CT molecular complexity index is 192. The van der Waals surface area contributed by atoms with Gasteiger partial charge >= 0.3 is 0 Å². The number of carbonyl (C=O) groups excluding carboxylic acids is 1. The third-order valence-corrected chi connectivity index (χ3v) is 3.51. The monoisotopic (exact) mass is 217 g/mol. The molecule has 0 spiro atoms. The molecule has 1 amide bonds. The van der Waals surface area contributed by atoms with Crippen molar-refractivity contribution < 1.29 is 4.79 Å². The van der Waals surface area contributed by atoms with Gasteiger partial charge in [-0.2, -0.15) is 0 Å². The van der Waals surface area contributed by atoms with Crippen molar-refractivity contribution in [2.45, 2.75) is 33.1 Å². The van der Waals surface area contributed by atoms with Crippen LogP contribution in [0.15, 0.2) is 0 Å². The third kappa shape index (κ3) is 2.88. The molecule has 0 bridgehead atoms. The van der Waals surface area contributed by atoms with Crippen molar-refractivity contribution in [3.8, 4) is 0 Å². The van der Waals surface area contributed by atoms with Crippen molar-refractivity contribution in [3.63, 3.8) is 0 Å². The summed E-state index contributed by atoms with van der Waals surface area (Å²) in [7, 11) is 0. The molecule has 1 saturated carbocycles. The lowest BCUT2D eigenvalue weighted by Crippen LogP contribution is -2.40. The van der Waals surface area contributed by atoms with E-state index < -0.39 is 0 Å². The standard InChI is InChI=1S/C11H20ClNO/c1-3-13(8-10-5-4-6-10)11(14)9(2)7-12/h9-10H,3-8H2,1-2H3. The molecule has 0 radical (unpaired) electrons. The Labute approximate surface area is 91.6 Å². The number of alkyl halides is 1. The third-order valence-electron chi connectivity index (χ3n) is 3.05. The lowest BCUT2D eigenvalue weighted by Gasteiger charge is -2.32. The number of hydrogen-bond acceptors (Lipinski definition) is 1. The SMILES string of the molecule is CCN(CC1CCC1)C(=O)C(C)CCl. The van der Waals surface area contributed by atoms with Crippen LogP contribution in [0.2, 0.25) is 0 Å². The Morgan fingerprint density at radius 2 is 2.21 bits per heavy atom. The quantitative estimate of drug-likeness (QED) is 0.648. The summed E-state index contributed by atoms with van der Waals surface area (Å²) >= 11 is 5.68. The lowest BCUT2D eigenvalue weighted by atomic mass is 9.85. The highest BCUT2D eigenvalue weighted by Crippen LogP contribution is 2.27. The van der Waals surface area contributed by atoms with E-state index in [0.717, 1.165) is 19.0 Å². The number of halogens is 1. The normalized spacial score (nSPS) is 18.8. The van der Waals surface area contributed by atoms with Gasteiger partial charge in [-0.15, -0.1) is 11.6 Å². The van der Waals surface area contributed by atoms with Gasteiger partial charge in [0, 0.05) is 24.9 Å². The molecule has 1 unspecified atom stereocenters. The minimum absolute atomic E-state index is 0.0308. The molecule has 0 aromatic heterocycles. The van der Waals surface area contributed by atoms with Crippen LogP contribution >= 0.6 is 11.6 Å². The highest BCUT2D eigenvalue weighted by molar-refractivity contribution is 6.19. The van der Waals surface area contributed by atoms with Crippen LogP contribution in [0.5, 0.6) is 0 Å². The summed E-state index contributed by atoms with van der Waals surface area (Å²) in [4.78, 5) is 13.8. The number of carbonyl (C=O) groups is 1. The molecular formula is C11H20ClNO. The van der Waals surface area contributed by atoms with Crippen molar-refractivity contribution >= 4 is 17.5 Å². The fourth-order valence-corrected chi connectivity index (χ4v) is 1.87. The van der Waals surface area contributed by atoms with Crippen LogP contribution in [-0.2, 0) is 4.79 Å². The molecule has 0 aromatic rings. The van der Waals surface area contributed by atoms with E-state index in [4.69, 9.17) is 11.6 Å². The number of rotatable bonds is 5. The summed E-state index contributed by atoms with van der Waals surface area (Å²) < 4.78 is 0. The van der Waals surface area contributed by atoms with Crippen molar-refractivity contribution in [1.29, 1.82) is 0 Å². The second-order valence-corrected chi connectivity index (χ2v) is 4.54. The molecule has 0 aliphatic heterocycles. The van der Waals surface area contributed by atoms with Crippen LogP contribution in [-0.4, -0.2) is 29.8 Å². The molecule has 1 rings (SSSR count). The van der Waals surface area contributed by atoms with Crippen LogP contribution in [0.25, 0.3) is 0 Å². The molecule has 0 heterocycles. The van der Waals surface area contributed by atoms with Crippen LogP contribution < -0.4 is 0 Å². The highest BCUT2D eigenvalue weighted by atomic mass is 35.5. The second kappa shape index (κ2) is 5.59. The minimum atomic E-state index is -0.0308. The molecule has 0 saturated heterocycles. The van der Waals surface area contributed by atoms with Gasteiger partial charge in [-0.1, -0.05) is 13.3 Å². The van der Waals surface area contributed by atoms with Crippen LogP contribution in [0.1, 0.15) is 33.1 Å². The predicted octanol–water partition coefficient (Wildman–Crippen LogP) is 2.51. The van der Waals surface area contributed by atoms with Gasteiger partial charge in [0.1, 0.15) is 0 Å². The molecule has 0 aromatic carbocycles. The van der Waals surface area contributed by atoms with Gasteiger partial charge in [0.2, 0.25) is 5.91 Å². The lowest BCUT2D eigenvalue weighted by molar-refractivity contribution is -0.135. The van der Waals surface area contributed by atoms with E-state index >= 15 is 0 Å². The predicted molar refractivity (Wildman–Crippen MR) is 59.5 cm³/mol. The van der Waals surface area contributed by atoms with Crippen molar-refractivity contribution in [3.05, 3.63) is 0 Å². The van der Waals surface area contributed by atoms with E-state index in [2.05, 4.69) is 0 Å². The van der Waals surface area contributed by atoms with Gasteiger partial charge in [-0.25, -0.2) is 0 Å². The molecule has 1 aliphatic carbocycles. The summed E-state index contributed by atoms with van der Waals surface area (Å²) in [5.74, 6) is 1.37. The first kappa shape index (κ1) is 11.8. The zero-order valence-electron chi connectivity index (χ0n) is 9.13. The fourth-order valence-electron chi connectivity index (χ4n) is 1.74. The van der Waals surface area contributed by atoms with Gasteiger partial charge in [0.25, 0.3) is 0 Å². The van der Waals surface area contributed by atoms with Crippen molar-refractivity contribution in [1.82, 2.24) is 4.90 Å². The van der Waals surface area contributed by atoms with Gasteiger partial charge in [0.05, 0.1) is 0 Å². The van der Waals surface area contributed by atoms with Crippen LogP contribution in [0, 0.1) is 11.8 Å². The molecule has 3 heteroatoms. The molecule has 1 atom stereocenters. The summed E-state index contributed by atoms with van der Waals surface area (Å²) in [6.45, 7) is 5.70. The summed E-state index contributed by atoms with van der Waals surface area (Å²) in [5, 5.41) is 0. The van der Waals surface area contributed by atoms with Gasteiger partial charge < -0.3 is 4.90 Å². The first-order chi connectivity index (χ1) is 6.69. The Balaban J connectivity index is 2.38. The zero-order valence-corrected chi connectivity index (χ0v) is 9.89. The molecule has 82 valence electrons. The minimum Gasteiger partial charge on any atom is -0.342 e. The fraction of sp³-hybridized carbons (Fsp3) is 0.909. The molecule has 2 nitrogen and oxygen atoms in total. The summed E-state index contributed by atoms with van der Waals surface area (Å²) in [6.07, 6.45) is 3.92. The van der Waals surface area contributed by atoms with Gasteiger partial charge in [-0.3, -0.25) is 4.79 Å². The van der Waals surface area contributed by atoms with Crippen molar-refractivity contribution in [2.24, 2.45) is 11.8 Å². The maximum atomic E-state index is 11.8. The van der Waals surface area contributed by atoms with E-state index in [1.807, 2.05) is 18.7 Å². The summed E-state index contributed by atoms with van der Waals surface area (Å²) in [6, 6.07) is 0.